The van der Waals surface area contributed by atoms with E-state index in [1.54, 1.807) is 17.0 Å². The molecule has 0 saturated carbocycles. The fourth-order valence-corrected chi connectivity index (χ4v) is 3.41. The molecule has 1 aliphatic rings. The number of Topliss-reactive ketones (excluding diaryl/α,β-unsaturated/α-hetero) is 2. The van der Waals surface area contributed by atoms with Crippen molar-refractivity contribution in [3.8, 4) is 6.07 Å². The molecule has 0 bridgehead atoms. The van der Waals surface area contributed by atoms with Crippen LogP contribution in [0.1, 0.15) is 21.0 Å². The number of hydrogen-bond donors (Lipinski definition) is 0. The van der Waals surface area contributed by atoms with E-state index in [4.69, 9.17) is 4.74 Å². The first-order chi connectivity index (χ1) is 11.0. The maximum Gasteiger partial charge on any atom is 0.223 e. The van der Waals surface area contributed by atoms with E-state index in [0.717, 1.165) is 4.88 Å². The van der Waals surface area contributed by atoms with Crippen LogP contribution >= 0.6 is 11.3 Å². The van der Waals surface area contributed by atoms with E-state index < -0.39 is 23.4 Å². The van der Waals surface area contributed by atoms with Crippen molar-refractivity contribution in [2.75, 3.05) is 26.8 Å². The molecule has 6 nitrogen and oxygen atoms in total. The van der Waals surface area contributed by atoms with Gasteiger partial charge in [-0.25, -0.2) is 0 Å². The molecule has 0 radical (unpaired) electrons. The molecule has 0 aliphatic carbocycles. The number of carbonyl (C=O) groups excluding carboxylic acids is 3. The highest BCUT2D eigenvalue weighted by molar-refractivity contribution is 7.14. The lowest BCUT2D eigenvalue weighted by atomic mass is 9.89. The molecule has 23 heavy (non-hydrogen) atoms. The lowest BCUT2D eigenvalue weighted by Gasteiger charge is -2.16. The molecule has 1 saturated heterocycles. The van der Waals surface area contributed by atoms with E-state index in [0.29, 0.717) is 18.0 Å². The molecule has 1 aliphatic heterocycles. The SMILES string of the molecule is COCCN1C[C@H](C(=O)[C@@H](C#N)C(=O)c2ccc(C)s2)CC1=O. The summed E-state index contributed by atoms with van der Waals surface area (Å²) in [5.41, 5.74) is 0. The average Bonchev–Trinajstić information content (AvgIpc) is 3.12. The molecule has 0 spiro atoms. The fourth-order valence-electron chi connectivity index (χ4n) is 2.58. The number of aryl methyl sites for hydroxylation is 1. The van der Waals surface area contributed by atoms with Crippen LogP contribution in [0.25, 0.3) is 0 Å². The summed E-state index contributed by atoms with van der Waals surface area (Å²) in [6.07, 6.45) is 0.0531. The maximum absolute atomic E-state index is 12.5. The Labute approximate surface area is 138 Å². The Morgan fingerprint density at radius 1 is 1.52 bits per heavy atom. The summed E-state index contributed by atoms with van der Waals surface area (Å²) < 4.78 is 4.93. The van der Waals surface area contributed by atoms with Gasteiger partial charge in [-0.1, -0.05) is 0 Å². The highest BCUT2D eigenvalue weighted by atomic mass is 32.1. The number of ether oxygens (including phenoxy) is 1. The van der Waals surface area contributed by atoms with E-state index in [9.17, 15) is 19.6 Å². The third-order valence-electron chi connectivity index (χ3n) is 3.84. The average molecular weight is 334 g/mol. The predicted octanol–water partition coefficient (Wildman–Crippen LogP) is 1.44. The number of carbonyl (C=O) groups is 3. The zero-order valence-corrected chi connectivity index (χ0v) is 13.9. The van der Waals surface area contributed by atoms with Gasteiger partial charge in [0.05, 0.1) is 17.6 Å². The van der Waals surface area contributed by atoms with E-state index in [1.165, 1.54) is 18.4 Å². The summed E-state index contributed by atoms with van der Waals surface area (Å²) in [7, 11) is 1.54. The number of likely N-dealkylation sites (tertiary alicyclic amines) is 1. The molecule has 122 valence electrons. The van der Waals surface area contributed by atoms with Crippen molar-refractivity contribution in [3.05, 3.63) is 21.9 Å². The second-order valence-electron chi connectivity index (χ2n) is 5.47. The Hall–Kier alpha value is -2.04. The Balaban J connectivity index is 2.07. The van der Waals surface area contributed by atoms with Gasteiger partial charge in [0.25, 0.3) is 0 Å². The van der Waals surface area contributed by atoms with E-state index >= 15 is 0 Å². The van der Waals surface area contributed by atoms with Gasteiger partial charge in [0.1, 0.15) is 0 Å². The molecule has 2 atom stereocenters. The summed E-state index contributed by atoms with van der Waals surface area (Å²) in [6.45, 7) is 2.90. The molecule has 1 aromatic rings. The Bertz CT molecular complexity index is 661. The zero-order valence-electron chi connectivity index (χ0n) is 13.1. The lowest BCUT2D eigenvalue weighted by Crippen LogP contribution is -2.32. The lowest BCUT2D eigenvalue weighted by molar-refractivity contribution is -0.129. The minimum atomic E-state index is -1.34. The van der Waals surface area contributed by atoms with Crippen LogP contribution in [0.5, 0.6) is 0 Å². The van der Waals surface area contributed by atoms with Crippen molar-refractivity contribution in [2.24, 2.45) is 11.8 Å². The smallest absolute Gasteiger partial charge is 0.223 e. The van der Waals surface area contributed by atoms with Crippen molar-refractivity contribution >= 4 is 28.8 Å². The number of methoxy groups -OCH3 is 1. The normalized spacial score (nSPS) is 18.7. The van der Waals surface area contributed by atoms with Gasteiger partial charge < -0.3 is 9.64 Å². The van der Waals surface area contributed by atoms with Gasteiger partial charge in [0, 0.05) is 37.4 Å². The van der Waals surface area contributed by atoms with Crippen LogP contribution in [0.2, 0.25) is 0 Å². The molecule has 1 fully saturated rings. The Morgan fingerprint density at radius 2 is 2.26 bits per heavy atom. The summed E-state index contributed by atoms with van der Waals surface area (Å²) in [4.78, 5) is 39.7. The number of hydrogen-bond acceptors (Lipinski definition) is 6. The third-order valence-corrected chi connectivity index (χ3v) is 4.86. The Morgan fingerprint density at radius 3 is 2.83 bits per heavy atom. The molecule has 0 unspecified atom stereocenters. The highest BCUT2D eigenvalue weighted by Gasteiger charge is 2.40. The van der Waals surface area contributed by atoms with Gasteiger partial charge in [-0.05, 0) is 19.1 Å². The fraction of sp³-hybridized carbons (Fsp3) is 0.500. The van der Waals surface area contributed by atoms with Crippen molar-refractivity contribution in [1.82, 2.24) is 4.90 Å². The molecule has 2 rings (SSSR count). The van der Waals surface area contributed by atoms with Crippen molar-refractivity contribution in [3.63, 3.8) is 0 Å². The van der Waals surface area contributed by atoms with Crippen molar-refractivity contribution < 1.29 is 19.1 Å². The third kappa shape index (κ3) is 3.84. The van der Waals surface area contributed by atoms with Gasteiger partial charge in [-0.2, -0.15) is 5.26 Å². The standard InChI is InChI=1S/C16H18N2O4S/c1-10-3-4-13(23-10)16(21)12(8-17)15(20)11-7-14(19)18(9-11)5-6-22-2/h3-4,11-12H,5-7,9H2,1-2H3/t11-,12-/m1/s1. The molecule has 1 amide bonds. The topological polar surface area (TPSA) is 87.5 Å². The van der Waals surface area contributed by atoms with Crippen LogP contribution < -0.4 is 0 Å². The predicted molar refractivity (Wildman–Crippen MR) is 84.1 cm³/mol. The number of rotatable bonds is 7. The maximum atomic E-state index is 12.5. The molecular formula is C16H18N2O4S. The number of ketones is 2. The van der Waals surface area contributed by atoms with E-state index in [-0.39, 0.29) is 18.9 Å². The number of thiophene rings is 1. The van der Waals surface area contributed by atoms with Gasteiger partial charge in [0.2, 0.25) is 5.91 Å². The van der Waals surface area contributed by atoms with Crippen LogP contribution in [0, 0.1) is 30.1 Å². The van der Waals surface area contributed by atoms with Crippen LogP contribution in [0.3, 0.4) is 0 Å². The molecule has 7 heteroatoms. The minimum absolute atomic E-state index is 0.0531. The first kappa shape index (κ1) is 17.3. The second kappa shape index (κ2) is 7.49. The Kier molecular flexibility index (Phi) is 5.64. The second-order valence-corrected chi connectivity index (χ2v) is 6.76. The molecule has 1 aromatic heterocycles. The minimum Gasteiger partial charge on any atom is -0.383 e. The van der Waals surface area contributed by atoms with Crippen molar-refractivity contribution in [2.45, 2.75) is 13.3 Å². The van der Waals surface area contributed by atoms with Gasteiger partial charge in [-0.15, -0.1) is 11.3 Å². The largest absolute Gasteiger partial charge is 0.383 e. The summed E-state index contributed by atoms with van der Waals surface area (Å²) >= 11 is 1.26. The van der Waals surface area contributed by atoms with E-state index in [1.807, 2.05) is 13.0 Å². The van der Waals surface area contributed by atoms with Gasteiger partial charge in [0.15, 0.2) is 17.5 Å². The number of amides is 1. The molecule has 2 heterocycles. The van der Waals surface area contributed by atoms with Crippen molar-refractivity contribution in [1.29, 1.82) is 5.26 Å². The molecular weight excluding hydrogens is 316 g/mol. The monoisotopic (exact) mass is 334 g/mol. The summed E-state index contributed by atoms with van der Waals surface area (Å²) in [5.74, 6) is -3.02. The van der Waals surface area contributed by atoms with Gasteiger partial charge >= 0.3 is 0 Å². The molecule has 0 N–H and O–H groups in total. The quantitative estimate of drug-likeness (QED) is 0.556. The van der Waals surface area contributed by atoms with Gasteiger partial charge in [-0.3, -0.25) is 14.4 Å². The number of nitriles is 1. The first-order valence-corrected chi connectivity index (χ1v) is 8.10. The molecule has 0 aromatic carbocycles. The van der Waals surface area contributed by atoms with Crippen LogP contribution in [-0.4, -0.2) is 49.2 Å². The summed E-state index contributed by atoms with van der Waals surface area (Å²) in [5, 5.41) is 9.26. The number of nitrogens with zero attached hydrogens (tertiary/aromatic N) is 2. The summed E-state index contributed by atoms with van der Waals surface area (Å²) in [6, 6.07) is 5.22. The van der Waals surface area contributed by atoms with Crippen LogP contribution in [-0.2, 0) is 14.3 Å². The van der Waals surface area contributed by atoms with Crippen LogP contribution in [0.15, 0.2) is 12.1 Å². The highest BCUT2D eigenvalue weighted by Crippen LogP contribution is 2.25. The van der Waals surface area contributed by atoms with E-state index in [2.05, 4.69) is 0 Å². The first-order valence-electron chi connectivity index (χ1n) is 7.28. The zero-order chi connectivity index (χ0) is 17.0. The van der Waals surface area contributed by atoms with Crippen LogP contribution in [0.4, 0.5) is 0 Å².